The van der Waals surface area contributed by atoms with E-state index in [1.807, 2.05) is 92.7 Å². The summed E-state index contributed by atoms with van der Waals surface area (Å²) in [6.07, 6.45) is 0.525. The zero-order valence-corrected chi connectivity index (χ0v) is 17.5. The summed E-state index contributed by atoms with van der Waals surface area (Å²) in [6.45, 7) is 3.99. The third-order valence-electron chi connectivity index (χ3n) is 4.88. The van der Waals surface area contributed by atoms with Crippen LogP contribution >= 0.6 is 0 Å². The van der Waals surface area contributed by atoms with E-state index < -0.39 is 6.04 Å². The number of amides is 2. The molecule has 0 spiro atoms. The first kappa shape index (κ1) is 20.3. The Bertz CT molecular complexity index is 1170. The van der Waals surface area contributed by atoms with E-state index >= 15 is 0 Å². The van der Waals surface area contributed by atoms with Gasteiger partial charge in [-0.25, -0.2) is 4.79 Å². The zero-order valence-electron chi connectivity index (χ0n) is 17.5. The number of urea groups is 1. The third-order valence-corrected chi connectivity index (χ3v) is 4.88. The lowest BCUT2D eigenvalue weighted by Crippen LogP contribution is -2.34. The molecule has 1 unspecified atom stereocenters. The highest BCUT2D eigenvalue weighted by atomic mass is 16.5. The Labute approximate surface area is 181 Å². The molecular formula is C25H24N4O2. The van der Waals surface area contributed by atoms with Crippen LogP contribution in [0.5, 0.6) is 0 Å². The molecule has 1 heterocycles. The summed E-state index contributed by atoms with van der Waals surface area (Å²) in [7, 11) is 0. The van der Waals surface area contributed by atoms with E-state index in [1.165, 1.54) is 0 Å². The summed E-state index contributed by atoms with van der Waals surface area (Å²) >= 11 is 0. The second-order valence-electron chi connectivity index (χ2n) is 7.54. The lowest BCUT2D eigenvalue weighted by Gasteiger charge is -2.16. The van der Waals surface area contributed by atoms with Crippen molar-refractivity contribution in [2.75, 3.05) is 5.32 Å². The number of hydrogen-bond donors (Lipinski definition) is 2. The van der Waals surface area contributed by atoms with Gasteiger partial charge < -0.3 is 15.2 Å². The van der Waals surface area contributed by atoms with E-state index in [0.29, 0.717) is 18.1 Å². The molecule has 0 aliphatic carbocycles. The summed E-state index contributed by atoms with van der Waals surface area (Å²) in [5, 5.41) is 9.99. The quantitative estimate of drug-likeness (QED) is 0.441. The lowest BCUT2D eigenvalue weighted by atomic mass is 10.1. The number of anilines is 1. The SMILES string of the molecule is Cc1cccc(NC(=O)NC(Cc2ccccc2)c2nc(-c3cccc(C)c3)no2)c1. The average molecular weight is 412 g/mol. The average Bonchev–Trinajstić information content (AvgIpc) is 3.24. The molecule has 0 saturated heterocycles. The van der Waals surface area contributed by atoms with Gasteiger partial charge in [0.25, 0.3) is 0 Å². The predicted molar refractivity (Wildman–Crippen MR) is 121 cm³/mol. The fourth-order valence-electron chi connectivity index (χ4n) is 3.38. The van der Waals surface area contributed by atoms with Crippen molar-refractivity contribution in [1.29, 1.82) is 0 Å². The van der Waals surface area contributed by atoms with Crippen LogP contribution in [0.25, 0.3) is 11.4 Å². The fraction of sp³-hybridized carbons (Fsp3) is 0.160. The standard InChI is InChI=1S/C25H24N4O2/c1-17-8-6-12-20(14-17)23-28-24(31-29-23)22(16-19-10-4-3-5-11-19)27-25(30)26-21-13-7-9-18(2)15-21/h3-15,22H,16H2,1-2H3,(H2,26,27,30). The van der Waals surface area contributed by atoms with Crippen LogP contribution in [0.3, 0.4) is 0 Å². The molecule has 0 radical (unpaired) electrons. The van der Waals surface area contributed by atoms with E-state index in [2.05, 4.69) is 20.8 Å². The second kappa shape index (κ2) is 9.26. The third kappa shape index (κ3) is 5.36. The minimum Gasteiger partial charge on any atom is -0.337 e. The van der Waals surface area contributed by atoms with Gasteiger partial charge in [-0.05, 0) is 43.2 Å². The molecule has 6 heteroatoms. The summed E-state index contributed by atoms with van der Waals surface area (Å²) in [5.74, 6) is 0.859. The van der Waals surface area contributed by atoms with Crippen molar-refractivity contribution in [2.24, 2.45) is 0 Å². The van der Waals surface area contributed by atoms with Crippen molar-refractivity contribution >= 4 is 11.7 Å². The van der Waals surface area contributed by atoms with Crippen molar-refractivity contribution in [3.05, 3.63) is 101 Å². The monoisotopic (exact) mass is 412 g/mol. The molecule has 4 aromatic rings. The van der Waals surface area contributed by atoms with Gasteiger partial charge in [-0.15, -0.1) is 0 Å². The maximum atomic E-state index is 12.7. The summed E-state index contributed by atoms with van der Waals surface area (Å²) in [4.78, 5) is 17.3. The molecule has 6 nitrogen and oxygen atoms in total. The molecule has 3 aromatic carbocycles. The first-order valence-corrected chi connectivity index (χ1v) is 10.2. The van der Waals surface area contributed by atoms with E-state index in [0.717, 1.165) is 27.9 Å². The Hall–Kier alpha value is -3.93. The number of nitrogens with zero attached hydrogens (tertiary/aromatic N) is 2. The number of nitrogens with one attached hydrogen (secondary N) is 2. The molecule has 2 N–H and O–H groups in total. The summed E-state index contributed by atoms with van der Waals surface area (Å²) < 4.78 is 5.56. The molecular weight excluding hydrogens is 388 g/mol. The normalized spacial score (nSPS) is 11.7. The van der Waals surface area contributed by atoms with Crippen LogP contribution in [0.1, 0.15) is 28.6 Å². The van der Waals surface area contributed by atoms with Crippen LogP contribution in [0, 0.1) is 13.8 Å². The van der Waals surface area contributed by atoms with Crippen molar-refractivity contribution in [3.63, 3.8) is 0 Å². The number of aromatic nitrogens is 2. The smallest absolute Gasteiger partial charge is 0.319 e. The van der Waals surface area contributed by atoms with Crippen molar-refractivity contribution in [3.8, 4) is 11.4 Å². The highest BCUT2D eigenvalue weighted by molar-refractivity contribution is 5.89. The van der Waals surface area contributed by atoms with E-state index in [4.69, 9.17) is 4.52 Å². The van der Waals surface area contributed by atoms with Crippen LogP contribution < -0.4 is 10.6 Å². The molecule has 4 rings (SSSR count). The van der Waals surface area contributed by atoms with Gasteiger partial charge in [-0.1, -0.05) is 71.4 Å². The van der Waals surface area contributed by atoms with Gasteiger partial charge in [0.2, 0.25) is 11.7 Å². The number of hydrogen-bond acceptors (Lipinski definition) is 4. The fourth-order valence-corrected chi connectivity index (χ4v) is 3.38. The van der Waals surface area contributed by atoms with Gasteiger partial charge in [-0.3, -0.25) is 0 Å². The molecule has 0 bridgehead atoms. The van der Waals surface area contributed by atoms with Crippen LogP contribution in [-0.2, 0) is 6.42 Å². The van der Waals surface area contributed by atoms with Crippen LogP contribution in [0.15, 0.2) is 83.4 Å². The molecule has 156 valence electrons. The minimum atomic E-state index is -0.474. The Morgan fingerprint density at radius 3 is 2.42 bits per heavy atom. The Kier molecular flexibility index (Phi) is 6.08. The number of carbonyl (C=O) groups is 1. The zero-order chi connectivity index (χ0) is 21.6. The predicted octanol–water partition coefficient (Wildman–Crippen LogP) is 5.46. The molecule has 2 amide bonds. The number of rotatable bonds is 6. The van der Waals surface area contributed by atoms with Gasteiger partial charge in [0, 0.05) is 17.7 Å². The van der Waals surface area contributed by atoms with E-state index in [-0.39, 0.29) is 6.03 Å². The van der Waals surface area contributed by atoms with Gasteiger partial charge in [0.15, 0.2) is 0 Å². The molecule has 0 fully saturated rings. The van der Waals surface area contributed by atoms with Gasteiger partial charge in [0.1, 0.15) is 6.04 Å². The Balaban J connectivity index is 1.56. The van der Waals surface area contributed by atoms with Crippen LogP contribution in [0.4, 0.5) is 10.5 Å². The van der Waals surface area contributed by atoms with E-state index in [9.17, 15) is 4.79 Å². The Morgan fingerprint density at radius 2 is 1.68 bits per heavy atom. The Morgan fingerprint density at radius 1 is 0.935 bits per heavy atom. The lowest BCUT2D eigenvalue weighted by molar-refractivity contribution is 0.243. The molecule has 0 aliphatic rings. The maximum Gasteiger partial charge on any atom is 0.319 e. The molecule has 0 aliphatic heterocycles. The van der Waals surface area contributed by atoms with Crippen molar-refractivity contribution in [2.45, 2.75) is 26.3 Å². The highest BCUT2D eigenvalue weighted by Gasteiger charge is 2.22. The van der Waals surface area contributed by atoms with Gasteiger partial charge in [0.05, 0.1) is 0 Å². The largest absolute Gasteiger partial charge is 0.337 e. The topological polar surface area (TPSA) is 80.0 Å². The number of benzene rings is 3. The van der Waals surface area contributed by atoms with Gasteiger partial charge in [-0.2, -0.15) is 4.98 Å². The van der Waals surface area contributed by atoms with Crippen LogP contribution in [-0.4, -0.2) is 16.2 Å². The molecule has 0 saturated carbocycles. The van der Waals surface area contributed by atoms with Crippen molar-refractivity contribution in [1.82, 2.24) is 15.5 Å². The maximum absolute atomic E-state index is 12.7. The second-order valence-corrected chi connectivity index (χ2v) is 7.54. The first-order chi connectivity index (χ1) is 15.1. The summed E-state index contributed by atoms with van der Waals surface area (Å²) in [6, 6.07) is 24.6. The minimum absolute atomic E-state index is 0.332. The van der Waals surface area contributed by atoms with E-state index in [1.54, 1.807) is 0 Å². The highest BCUT2D eigenvalue weighted by Crippen LogP contribution is 2.22. The summed E-state index contributed by atoms with van der Waals surface area (Å²) in [5.41, 5.74) is 4.83. The molecule has 1 atom stereocenters. The van der Waals surface area contributed by atoms with Gasteiger partial charge >= 0.3 is 6.03 Å². The molecule has 31 heavy (non-hydrogen) atoms. The number of aryl methyl sites for hydroxylation is 2. The first-order valence-electron chi connectivity index (χ1n) is 10.2. The van der Waals surface area contributed by atoms with Crippen molar-refractivity contribution < 1.29 is 9.32 Å². The number of carbonyl (C=O) groups excluding carboxylic acids is 1. The molecule has 1 aromatic heterocycles. The van der Waals surface area contributed by atoms with Crippen LogP contribution in [0.2, 0.25) is 0 Å².